The van der Waals surface area contributed by atoms with E-state index in [2.05, 4.69) is 22.0 Å². The van der Waals surface area contributed by atoms with Crippen molar-refractivity contribution in [2.24, 2.45) is 5.92 Å². The average Bonchev–Trinajstić information content (AvgIpc) is 3.15. The number of fused-ring (bicyclic) bond motifs is 5. The molecule has 1 aliphatic rings. The number of aromatic nitrogens is 5. The minimum atomic E-state index is 0.728. The largest absolute Gasteiger partial charge is 0.265 e. The molecule has 23 heavy (non-hydrogen) atoms. The number of thiophene rings is 1. The van der Waals surface area contributed by atoms with Gasteiger partial charge in [0.05, 0.1) is 5.39 Å². The van der Waals surface area contributed by atoms with Gasteiger partial charge in [0, 0.05) is 22.8 Å². The highest BCUT2D eigenvalue weighted by Gasteiger charge is 2.23. The monoisotopic (exact) mass is 321 g/mol. The molecule has 4 heterocycles. The predicted octanol–water partition coefficient (Wildman–Crippen LogP) is 3.53. The second-order valence-corrected chi connectivity index (χ2v) is 7.30. The van der Waals surface area contributed by atoms with Crippen molar-refractivity contribution in [1.82, 2.24) is 24.6 Å². The fraction of sp³-hybridized carbons (Fsp3) is 0.294. The summed E-state index contributed by atoms with van der Waals surface area (Å²) in [7, 11) is 0. The first-order valence-electron chi connectivity index (χ1n) is 7.85. The van der Waals surface area contributed by atoms with E-state index >= 15 is 0 Å². The minimum Gasteiger partial charge on any atom is -0.265 e. The van der Waals surface area contributed by atoms with E-state index in [-0.39, 0.29) is 0 Å². The number of rotatable bonds is 1. The van der Waals surface area contributed by atoms with Gasteiger partial charge in [-0.2, -0.15) is 0 Å². The Morgan fingerprint density at radius 3 is 3.00 bits per heavy atom. The summed E-state index contributed by atoms with van der Waals surface area (Å²) in [6.07, 6.45) is 8.83. The lowest BCUT2D eigenvalue weighted by Gasteiger charge is -2.17. The lowest BCUT2D eigenvalue weighted by Crippen LogP contribution is -2.08. The van der Waals surface area contributed by atoms with Crippen LogP contribution in [0.15, 0.2) is 30.9 Å². The third kappa shape index (κ3) is 1.98. The van der Waals surface area contributed by atoms with Gasteiger partial charge < -0.3 is 0 Å². The summed E-state index contributed by atoms with van der Waals surface area (Å²) in [5, 5.41) is 5.80. The Morgan fingerprint density at radius 2 is 2.13 bits per heavy atom. The summed E-state index contributed by atoms with van der Waals surface area (Å²) in [4.78, 5) is 16.0. The van der Waals surface area contributed by atoms with E-state index in [1.807, 2.05) is 28.0 Å². The van der Waals surface area contributed by atoms with E-state index in [0.29, 0.717) is 0 Å². The summed E-state index contributed by atoms with van der Waals surface area (Å²) in [5.74, 6) is 1.49. The van der Waals surface area contributed by atoms with Gasteiger partial charge in [-0.25, -0.2) is 14.5 Å². The molecule has 114 valence electrons. The third-order valence-electron chi connectivity index (χ3n) is 4.57. The Morgan fingerprint density at radius 1 is 1.26 bits per heavy atom. The van der Waals surface area contributed by atoms with Gasteiger partial charge in [0.25, 0.3) is 0 Å². The zero-order chi connectivity index (χ0) is 15.4. The minimum absolute atomic E-state index is 0.728. The summed E-state index contributed by atoms with van der Waals surface area (Å²) in [6, 6.07) is 3.87. The molecule has 1 atom stereocenters. The number of nitrogens with zero attached hydrogens (tertiary/aromatic N) is 5. The van der Waals surface area contributed by atoms with Gasteiger partial charge in [0.2, 0.25) is 0 Å². The zero-order valence-electron chi connectivity index (χ0n) is 12.7. The first-order valence-corrected chi connectivity index (χ1v) is 8.67. The molecule has 0 N–H and O–H groups in total. The number of hydrogen-bond acceptors (Lipinski definition) is 5. The van der Waals surface area contributed by atoms with Crippen LogP contribution >= 0.6 is 11.3 Å². The highest BCUT2D eigenvalue weighted by atomic mass is 32.1. The van der Waals surface area contributed by atoms with E-state index in [9.17, 15) is 0 Å². The predicted molar refractivity (Wildman–Crippen MR) is 90.6 cm³/mol. The summed E-state index contributed by atoms with van der Waals surface area (Å²) in [6.45, 7) is 2.33. The quantitative estimate of drug-likeness (QED) is 0.538. The van der Waals surface area contributed by atoms with Crippen molar-refractivity contribution in [3.63, 3.8) is 0 Å². The molecule has 0 spiro atoms. The van der Waals surface area contributed by atoms with Crippen molar-refractivity contribution >= 4 is 27.2 Å². The Labute approximate surface area is 137 Å². The standard InChI is InChI=1S/C17H15N5S/c1-10-2-3-12-13(8-10)23-17-14(12)16-20-15(21-22(16)9-19-17)11-4-6-18-7-5-11/h4-7,9-10H,2-3,8H2,1H3/t10-/m0/s1. The van der Waals surface area contributed by atoms with Crippen molar-refractivity contribution < 1.29 is 0 Å². The molecule has 6 heteroatoms. The Kier molecular flexibility index (Phi) is 2.76. The van der Waals surface area contributed by atoms with Crippen LogP contribution in [-0.2, 0) is 12.8 Å². The van der Waals surface area contributed by atoms with E-state index < -0.39 is 0 Å². The molecule has 0 aliphatic heterocycles. The molecule has 5 rings (SSSR count). The maximum atomic E-state index is 4.80. The van der Waals surface area contributed by atoms with Gasteiger partial charge in [-0.1, -0.05) is 6.92 Å². The highest BCUT2D eigenvalue weighted by Crippen LogP contribution is 2.38. The Balaban J connectivity index is 1.78. The van der Waals surface area contributed by atoms with Crippen LogP contribution in [0.25, 0.3) is 27.3 Å². The normalized spacial score (nSPS) is 17.7. The lowest BCUT2D eigenvalue weighted by atomic mass is 9.89. The van der Waals surface area contributed by atoms with Crippen molar-refractivity contribution in [2.45, 2.75) is 26.2 Å². The van der Waals surface area contributed by atoms with Gasteiger partial charge in [-0.3, -0.25) is 4.98 Å². The van der Waals surface area contributed by atoms with Crippen LogP contribution in [0.4, 0.5) is 0 Å². The van der Waals surface area contributed by atoms with E-state index in [0.717, 1.165) is 40.6 Å². The van der Waals surface area contributed by atoms with Gasteiger partial charge in [0.15, 0.2) is 11.5 Å². The van der Waals surface area contributed by atoms with Crippen LogP contribution in [-0.4, -0.2) is 24.6 Å². The maximum Gasteiger partial charge on any atom is 0.182 e. The fourth-order valence-electron chi connectivity index (χ4n) is 3.36. The van der Waals surface area contributed by atoms with E-state index in [1.54, 1.807) is 18.7 Å². The molecule has 0 saturated carbocycles. The van der Waals surface area contributed by atoms with Crippen LogP contribution in [0.3, 0.4) is 0 Å². The van der Waals surface area contributed by atoms with Crippen LogP contribution in [0.1, 0.15) is 23.8 Å². The van der Waals surface area contributed by atoms with Gasteiger partial charge in [0.1, 0.15) is 11.2 Å². The molecule has 0 aromatic carbocycles. The molecule has 4 aromatic rings. The SMILES string of the molecule is C[C@H]1CCc2c(sc3ncn4nc(-c5ccncc5)nc4c23)C1. The maximum absolute atomic E-state index is 4.80. The van der Waals surface area contributed by atoms with Gasteiger partial charge in [-0.05, 0) is 42.9 Å². The average molecular weight is 321 g/mol. The number of aryl methyl sites for hydroxylation is 1. The molecular weight excluding hydrogens is 306 g/mol. The molecule has 0 bridgehead atoms. The van der Waals surface area contributed by atoms with Crippen LogP contribution in [0.5, 0.6) is 0 Å². The fourth-order valence-corrected chi connectivity index (χ4v) is 4.71. The van der Waals surface area contributed by atoms with Gasteiger partial charge in [-0.15, -0.1) is 16.4 Å². The summed E-state index contributed by atoms with van der Waals surface area (Å²) >= 11 is 1.82. The van der Waals surface area contributed by atoms with Crippen molar-refractivity contribution in [2.75, 3.05) is 0 Å². The van der Waals surface area contributed by atoms with Gasteiger partial charge >= 0.3 is 0 Å². The summed E-state index contributed by atoms with van der Waals surface area (Å²) in [5.41, 5.74) is 3.35. The highest BCUT2D eigenvalue weighted by molar-refractivity contribution is 7.19. The number of hydrogen-bond donors (Lipinski definition) is 0. The molecular formula is C17H15N5S. The number of pyridine rings is 1. The first kappa shape index (κ1) is 13.1. The molecule has 1 aliphatic carbocycles. The Hall–Kier alpha value is -2.34. The summed E-state index contributed by atoms with van der Waals surface area (Å²) < 4.78 is 1.81. The van der Waals surface area contributed by atoms with Crippen molar-refractivity contribution in [1.29, 1.82) is 0 Å². The lowest BCUT2D eigenvalue weighted by molar-refractivity contribution is 0.509. The van der Waals surface area contributed by atoms with Crippen LogP contribution < -0.4 is 0 Å². The smallest absolute Gasteiger partial charge is 0.182 e. The van der Waals surface area contributed by atoms with E-state index in [4.69, 9.17) is 4.98 Å². The molecule has 0 saturated heterocycles. The first-order chi connectivity index (χ1) is 11.3. The second-order valence-electron chi connectivity index (χ2n) is 6.22. The molecule has 5 nitrogen and oxygen atoms in total. The van der Waals surface area contributed by atoms with Crippen molar-refractivity contribution in [3.05, 3.63) is 41.3 Å². The molecule has 0 fully saturated rings. The molecule has 0 unspecified atom stereocenters. The van der Waals surface area contributed by atoms with Crippen LogP contribution in [0, 0.1) is 5.92 Å². The molecule has 0 radical (unpaired) electrons. The molecule has 4 aromatic heterocycles. The Bertz CT molecular complexity index is 1020. The zero-order valence-corrected chi connectivity index (χ0v) is 13.5. The van der Waals surface area contributed by atoms with Crippen molar-refractivity contribution in [3.8, 4) is 11.4 Å². The van der Waals surface area contributed by atoms with Crippen LogP contribution in [0.2, 0.25) is 0 Å². The van der Waals surface area contributed by atoms with E-state index in [1.165, 1.54) is 22.2 Å². The topological polar surface area (TPSA) is 56.0 Å². The third-order valence-corrected chi connectivity index (χ3v) is 5.73. The molecule has 0 amide bonds. The second kappa shape index (κ2) is 4.83.